The van der Waals surface area contributed by atoms with E-state index in [4.69, 9.17) is 16.3 Å². The number of ether oxygens (including phenoxy) is 1. The van der Waals surface area contributed by atoms with Crippen molar-refractivity contribution >= 4 is 11.6 Å². The number of aryl methyl sites for hydroxylation is 3. The van der Waals surface area contributed by atoms with E-state index in [0.717, 1.165) is 48.3 Å². The van der Waals surface area contributed by atoms with Crippen LogP contribution in [0.3, 0.4) is 0 Å². The highest BCUT2D eigenvalue weighted by Gasteiger charge is 2.30. The van der Waals surface area contributed by atoms with Crippen molar-refractivity contribution in [3.05, 3.63) is 82.4 Å². The zero-order valence-electron chi connectivity index (χ0n) is 15.1. The summed E-state index contributed by atoms with van der Waals surface area (Å²) in [6.07, 6.45) is -0.347. The van der Waals surface area contributed by atoms with Crippen molar-refractivity contribution in [3.63, 3.8) is 0 Å². The van der Waals surface area contributed by atoms with E-state index in [1.54, 1.807) is 12.1 Å². The molecule has 0 aliphatic heterocycles. The third-order valence-corrected chi connectivity index (χ3v) is 4.75. The standard InChI is InChI=1S/C21H18ClF3N2O.CH4/c1-14-20(22)19(27-13-26-14)4-2-3-15-5-9-17(10-6-15)28-18-11-7-16(8-12-18)21(23,24)25;/h5-13H,2-4H2,1H3;1H4. The quantitative estimate of drug-likeness (QED) is 0.426. The Kier molecular flexibility index (Phi) is 7.62. The van der Waals surface area contributed by atoms with Gasteiger partial charge in [-0.25, -0.2) is 9.97 Å². The van der Waals surface area contributed by atoms with E-state index in [1.165, 1.54) is 18.5 Å². The van der Waals surface area contributed by atoms with Crippen molar-refractivity contribution in [1.29, 1.82) is 0 Å². The lowest BCUT2D eigenvalue weighted by Crippen LogP contribution is -2.03. The highest BCUT2D eigenvalue weighted by atomic mass is 35.5. The zero-order chi connectivity index (χ0) is 20.1. The normalized spacial score (nSPS) is 11.1. The van der Waals surface area contributed by atoms with Crippen LogP contribution in [0, 0.1) is 6.92 Å². The maximum Gasteiger partial charge on any atom is 0.416 e. The van der Waals surface area contributed by atoms with Gasteiger partial charge in [-0.15, -0.1) is 0 Å². The molecule has 0 bridgehead atoms. The molecule has 0 N–H and O–H groups in total. The summed E-state index contributed by atoms with van der Waals surface area (Å²) in [7, 11) is 0. The molecular formula is C22H22ClF3N2O. The Hall–Kier alpha value is -2.60. The molecule has 3 aromatic rings. The molecule has 0 saturated carbocycles. The molecule has 0 radical (unpaired) electrons. The molecular weight excluding hydrogens is 401 g/mol. The van der Waals surface area contributed by atoms with Gasteiger partial charge in [0.25, 0.3) is 0 Å². The molecule has 0 aliphatic rings. The fourth-order valence-electron chi connectivity index (χ4n) is 2.71. The first-order chi connectivity index (χ1) is 13.3. The summed E-state index contributed by atoms with van der Waals surface area (Å²) in [6, 6.07) is 12.1. The minimum Gasteiger partial charge on any atom is -0.457 e. The summed E-state index contributed by atoms with van der Waals surface area (Å²) in [5.41, 5.74) is 2.05. The second kappa shape index (κ2) is 9.74. The van der Waals surface area contributed by atoms with Crippen LogP contribution >= 0.6 is 11.6 Å². The van der Waals surface area contributed by atoms with Crippen molar-refractivity contribution in [2.24, 2.45) is 0 Å². The average molecular weight is 423 g/mol. The molecule has 0 saturated heterocycles. The number of benzene rings is 2. The van der Waals surface area contributed by atoms with Crippen LogP contribution in [0.15, 0.2) is 54.9 Å². The molecule has 0 spiro atoms. The predicted octanol–water partition coefficient (Wildman–Crippen LogP) is 7.06. The third kappa shape index (κ3) is 6.19. The van der Waals surface area contributed by atoms with E-state index >= 15 is 0 Å². The Labute approximate surface area is 173 Å². The Bertz CT molecular complexity index is 926. The van der Waals surface area contributed by atoms with Gasteiger partial charge in [-0.3, -0.25) is 0 Å². The second-order valence-corrected chi connectivity index (χ2v) is 6.72. The lowest BCUT2D eigenvalue weighted by molar-refractivity contribution is -0.137. The molecule has 2 aromatic carbocycles. The molecule has 29 heavy (non-hydrogen) atoms. The van der Waals surface area contributed by atoms with Gasteiger partial charge in [-0.2, -0.15) is 13.2 Å². The highest BCUT2D eigenvalue weighted by molar-refractivity contribution is 6.31. The van der Waals surface area contributed by atoms with Gasteiger partial charge in [0.05, 0.1) is 22.0 Å². The van der Waals surface area contributed by atoms with Crippen molar-refractivity contribution in [3.8, 4) is 11.5 Å². The predicted molar refractivity (Wildman–Crippen MR) is 108 cm³/mol. The van der Waals surface area contributed by atoms with Gasteiger partial charge >= 0.3 is 6.18 Å². The van der Waals surface area contributed by atoms with Gasteiger partial charge in [-0.05, 0) is 68.1 Å². The van der Waals surface area contributed by atoms with Crippen LogP contribution in [0.4, 0.5) is 13.2 Å². The highest BCUT2D eigenvalue weighted by Crippen LogP contribution is 2.31. The number of rotatable bonds is 6. The van der Waals surface area contributed by atoms with Crippen LogP contribution < -0.4 is 4.74 Å². The van der Waals surface area contributed by atoms with Gasteiger partial charge in [0, 0.05) is 0 Å². The van der Waals surface area contributed by atoms with Crippen LogP contribution in [0.1, 0.15) is 36.4 Å². The molecule has 0 amide bonds. The second-order valence-electron chi connectivity index (χ2n) is 6.34. The first-order valence-corrected chi connectivity index (χ1v) is 9.11. The molecule has 7 heteroatoms. The maximum atomic E-state index is 12.6. The van der Waals surface area contributed by atoms with Crippen LogP contribution in [-0.2, 0) is 19.0 Å². The van der Waals surface area contributed by atoms with Crippen LogP contribution in [0.2, 0.25) is 5.02 Å². The van der Waals surface area contributed by atoms with Crippen LogP contribution in [-0.4, -0.2) is 9.97 Å². The minimum absolute atomic E-state index is 0. The topological polar surface area (TPSA) is 35.0 Å². The Morgan fingerprint density at radius 2 is 1.48 bits per heavy atom. The Morgan fingerprint density at radius 1 is 0.897 bits per heavy atom. The molecule has 3 nitrogen and oxygen atoms in total. The van der Waals surface area contributed by atoms with Crippen molar-refractivity contribution in [1.82, 2.24) is 9.97 Å². The average Bonchev–Trinajstić information content (AvgIpc) is 2.66. The summed E-state index contributed by atoms with van der Waals surface area (Å²) in [4.78, 5) is 8.27. The van der Waals surface area contributed by atoms with E-state index in [1.807, 2.05) is 19.1 Å². The molecule has 3 rings (SSSR count). The molecule has 0 atom stereocenters. The van der Waals surface area contributed by atoms with Crippen molar-refractivity contribution in [2.45, 2.75) is 39.8 Å². The van der Waals surface area contributed by atoms with Gasteiger partial charge < -0.3 is 4.74 Å². The van der Waals surface area contributed by atoms with Gasteiger partial charge in [0.2, 0.25) is 0 Å². The molecule has 1 aromatic heterocycles. The van der Waals surface area contributed by atoms with Gasteiger partial charge in [-0.1, -0.05) is 31.2 Å². The minimum atomic E-state index is -4.35. The van der Waals surface area contributed by atoms with Crippen molar-refractivity contribution < 1.29 is 17.9 Å². The van der Waals surface area contributed by atoms with Crippen LogP contribution in [0.25, 0.3) is 0 Å². The zero-order valence-corrected chi connectivity index (χ0v) is 15.9. The SMILES string of the molecule is C.Cc1ncnc(CCCc2ccc(Oc3ccc(C(F)(F)F)cc3)cc2)c1Cl. The lowest BCUT2D eigenvalue weighted by Gasteiger charge is -2.09. The van der Waals surface area contributed by atoms with Gasteiger partial charge in [0.15, 0.2) is 0 Å². The maximum absolute atomic E-state index is 12.6. The summed E-state index contributed by atoms with van der Waals surface area (Å²) in [5.74, 6) is 0.924. The number of hydrogen-bond acceptors (Lipinski definition) is 3. The first kappa shape index (κ1) is 22.7. The van der Waals surface area contributed by atoms with Crippen molar-refractivity contribution in [2.75, 3.05) is 0 Å². The number of nitrogens with zero attached hydrogens (tertiary/aromatic N) is 2. The number of hydrogen-bond donors (Lipinski definition) is 0. The van der Waals surface area contributed by atoms with E-state index in [2.05, 4.69) is 9.97 Å². The summed E-state index contributed by atoms with van der Waals surface area (Å²) < 4.78 is 43.4. The van der Waals surface area contributed by atoms with E-state index < -0.39 is 11.7 Å². The molecule has 0 fully saturated rings. The molecule has 0 unspecified atom stereocenters. The van der Waals surface area contributed by atoms with E-state index in [9.17, 15) is 13.2 Å². The summed E-state index contributed by atoms with van der Waals surface area (Å²) in [5, 5.41) is 0.614. The lowest BCUT2D eigenvalue weighted by atomic mass is 10.1. The fourth-order valence-corrected chi connectivity index (χ4v) is 2.91. The summed E-state index contributed by atoms with van der Waals surface area (Å²) in [6.45, 7) is 1.85. The fraction of sp³-hybridized carbons (Fsp3) is 0.273. The monoisotopic (exact) mass is 422 g/mol. The Balaban J connectivity index is 0.00000300. The van der Waals surface area contributed by atoms with E-state index in [-0.39, 0.29) is 7.43 Å². The number of aromatic nitrogens is 2. The first-order valence-electron chi connectivity index (χ1n) is 8.73. The molecule has 1 heterocycles. The molecule has 0 aliphatic carbocycles. The Morgan fingerprint density at radius 3 is 2.07 bits per heavy atom. The number of halogens is 4. The van der Waals surface area contributed by atoms with E-state index in [0.29, 0.717) is 16.5 Å². The third-order valence-electron chi connectivity index (χ3n) is 4.26. The smallest absolute Gasteiger partial charge is 0.416 e. The summed E-state index contributed by atoms with van der Waals surface area (Å²) >= 11 is 6.20. The number of alkyl halides is 3. The van der Waals surface area contributed by atoms with Crippen LogP contribution in [0.5, 0.6) is 11.5 Å². The molecule has 154 valence electrons. The largest absolute Gasteiger partial charge is 0.457 e. The van der Waals surface area contributed by atoms with Gasteiger partial charge in [0.1, 0.15) is 17.8 Å².